The maximum absolute atomic E-state index is 11.6. The van der Waals surface area contributed by atoms with Crippen LogP contribution >= 0.6 is 11.6 Å². The molecule has 0 aliphatic carbocycles. The number of nitrogens with one attached hydrogen (secondary N) is 1. The second kappa shape index (κ2) is 7.09. The summed E-state index contributed by atoms with van der Waals surface area (Å²) in [6, 6.07) is 0. The molecule has 1 N–H and O–H groups in total. The summed E-state index contributed by atoms with van der Waals surface area (Å²) in [5.74, 6) is 0. The highest BCUT2D eigenvalue weighted by Gasteiger charge is 2.27. The van der Waals surface area contributed by atoms with Gasteiger partial charge in [-0.3, -0.25) is 0 Å². The summed E-state index contributed by atoms with van der Waals surface area (Å²) < 4.78 is 39.1. The molecule has 0 aliphatic heterocycles. The van der Waals surface area contributed by atoms with Crippen molar-refractivity contribution in [2.45, 2.75) is 13.1 Å². The molecule has 0 aromatic heterocycles. The predicted octanol–water partition coefficient (Wildman–Crippen LogP) is 2.30. The van der Waals surface area contributed by atoms with E-state index < -0.39 is 12.8 Å². The average Bonchev–Trinajstić information content (AvgIpc) is 2.08. The molecule has 0 aliphatic rings. The first-order chi connectivity index (χ1) is 6.45. The van der Waals surface area contributed by atoms with Gasteiger partial charge in [-0.1, -0.05) is 11.6 Å². The van der Waals surface area contributed by atoms with E-state index in [1.807, 2.05) is 6.92 Å². The highest BCUT2D eigenvalue weighted by atomic mass is 35.5. The third kappa shape index (κ3) is 9.83. The molecule has 0 heterocycles. The van der Waals surface area contributed by atoms with E-state index in [9.17, 15) is 13.2 Å². The van der Waals surface area contributed by atoms with Crippen LogP contribution in [-0.4, -0.2) is 32.5 Å². The van der Waals surface area contributed by atoms with Crippen molar-refractivity contribution in [1.29, 1.82) is 0 Å². The third-order valence-corrected chi connectivity index (χ3v) is 1.65. The minimum absolute atomic E-state index is 0.0368. The largest absolute Gasteiger partial charge is 0.411 e. The molecular weight excluding hydrogens is 219 g/mol. The summed E-state index contributed by atoms with van der Waals surface area (Å²) in [4.78, 5) is 0. The van der Waals surface area contributed by atoms with Crippen molar-refractivity contribution in [3.05, 3.63) is 11.1 Å². The summed E-state index contributed by atoms with van der Waals surface area (Å²) >= 11 is 5.37. The quantitative estimate of drug-likeness (QED) is 0.709. The zero-order valence-corrected chi connectivity index (χ0v) is 8.58. The Morgan fingerprint density at radius 1 is 1.50 bits per heavy atom. The molecule has 2 nitrogen and oxygen atoms in total. The normalized spacial score (nSPS) is 13.4. The Hall–Kier alpha value is -0.260. The van der Waals surface area contributed by atoms with Gasteiger partial charge in [0.05, 0.1) is 6.61 Å². The number of alkyl halides is 3. The van der Waals surface area contributed by atoms with E-state index >= 15 is 0 Å². The molecular formula is C8H13ClF3NO. The van der Waals surface area contributed by atoms with Crippen LogP contribution in [0.25, 0.3) is 0 Å². The lowest BCUT2D eigenvalue weighted by atomic mass is 10.3. The summed E-state index contributed by atoms with van der Waals surface area (Å²) in [6.07, 6.45) is -4.24. The Morgan fingerprint density at radius 2 is 2.14 bits per heavy atom. The molecule has 14 heavy (non-hydrogen) atoms. The number of halogens is 4. The fourth-order valence-electron chi connectivity index (χ4n) is 0.656. The Kier molecular flexibility index (Phi) is 6.96. The number of ether oxygens (including phenoxy) is 1. The van der Waals surface area contributed by atoms with Crippen LogP contribution in [0.1, 0.15) is 6.92 Å². The van der Waals surface area contributed by atoms with Gasteiger partial charge >= 0.3 is 6.18 Å². The molecule has 0 bridgehead atoms. The smallest absolute Gasteiger partial charge is 0.371 e. The summed E-state index contributed by atoms with van der Waals surface area (Å²) in [5, 5.41) is 2.88. The van der Waals surface area contributed by atoms with E-state index in [2.05, 4.69) is 10.1 Å². The maximum atomic E-state index is 11.6. The maximum Gasteiger partial charge on any atom is 0.411 e. The first-order valence-electron chi connectivity index (χ1n) is 4.07. The summed E-state index contributed by atoms with van der Waals surface area (Å²) in [7, 11) is 0. The van der Waals surface area contributed by atoms with Gasteiger partial charge in [0, 0.05) is 18.6 Å². The predicted molar refractivity (Wildman–Crippen MR) is 49.4 cm³/mol. The lowest BCUT2D eigenvalue weighted by molar-refractivity contribution is -0.173. The molecule has 0 amide bonds. The second-order valence-electron chi connectivity index (χ2n) is 2.80. The number of hydrogen-bond donors (Lipinski definition) is 1. The molecule has 0 atom stereocenters. The van der Waals surface area contributed by atoms with Crippen molar-refractivity contribution in [2.24, 2.45) is 0 Å². The minimum atomic E-state index is -4.24. The van der Waals surface area contributed by atoms with Gasteiger partial charge in [-0.05, 0) is 12.5 Å². The summed E-state index contributed by atoms with van der Waals surface area (Å²) in [5.41, 5.74) is 2.34. The van der Waals surface area contributed by atoms with Crippen LogP contribution in [0.5, 0.6) is 0 Å². The number of rotatable bonds is 6. The van der Waals surface area contributed by atoms with Crippen molar-refractivity contribution < 1.29 is 17.9 Å². The van der Waals surface area contributed by atoms with Crippen LogP contribution in [0.15, 0.2) is 11.1 Å². The van der Waals surface area contributed by atoms with E-state index in [-0.39, 0.29) is 6.61 Å². The Morgan fingerprint density at radius 3 is 2.64 bits per heavy atom. The van der Waals surface area contributed by atoms with Crippen molar-refractivity contribution in [3.63, 3.8) is 0 Å². The molecule has 0 spiro atoms. The van der Waals surface area contributed by atoms with Crippen molar-refractivity contribution in [2.75, 3.05) is 26.3 Å². The zero-order chi connectivity index (χ0) is 11.0. The van der Waals surface area contributed by atoms with Crippen LogP contribution in [-0.2, 0) is 4.74 Å². The van der Waals surface area contributed by atoms with Gasteiger partial charge in [0.25, 0.3) is 0 Å². The second-order valence-corrected chi connectivity index (χ2v) is 3.02. The van der Waals surface area contributed by atoms with Gasteiger partial charge in [0.1, 0.15) is 6.61 Å². The molecule has 0 aromatic carbocycles. The first-order valence-corrected chi connectivity index (χ1v) is 4.50. The molecule has 0 saturated heterocycles. The van der Waals surface area contributed by atoms with Crippen LogP contribution in [0.3, 0.4) is 0 Å². The SMILES string of the molecule is CC(=CCl)CNCCOCC(F)(F)F. The molecule has 0 fully saturated rings. The standard InChI is InChI=1S/C8H13ClF3NO/c1-7(4-9)5-13-2-3-14-6-8(10,11)12/h4,13H,2-3,5-6H2,1H3. The first kappa shape index (κ1) is 13.7. The van der Waals surface area contributed by atoms with Gasteiger partial charge in [0.15, 0.2) is 0 Å². The highest BCUT2D eigenvalue weighted by Crippen LogP contribution is 2.13. The van der Waals surface area contributed by atoms with Crippen LogP contribution in [0.4, 0.5) is 13.2 Å². The van der Waals surface area contributed by atoms with E-state index in [0.717, 1.165) is 5.57 Å². The van der Waals surface area contributed by atoms with Crippen molar-refractivity contribution >= 4 is 11.6 Å². The highest BCUT2D eigenvalue weighted by molar-refractivity contribution is 6.25. The van der Waals surface area contributed by atoms with E-state index in [1.165, 1.54) is 5.54 Å². The van der Waals surface area contributed by atoms with Crippen LogP contribution in [0, 0.1) is 0 Å². The molecule has 0 rings (SSSR count). The van der Waals surface area contributed by atoms with Gasteiger partial charge in [-0.25, -0.2) is 0 Å². The third-order valence-electron chi connectivity index (χ3n) is 1.28. The van der Waals surface area contributed by atoms with Crippen molar-refractivity contribution in [3.8, 4) is 0 Å². The van der Waals surface area contributed by atoms with E-state index in [0.29, 0.717) is 13.1 Å². The van der Waals surface area contributed by atoms with Gasteiger partial charge in [-0.2, -0.15) is 13.2 Å². The molecule has 0 unspecified atom stereocenters. The van der Waals surface area contributed by atoms with Gasteiger partial charge in [-0.15, -0.1) is 0 Å². The summed E-state index contributed by atoms with van der Waals surface area (Å²) in [6.45, 7) is 1.59. The topological polar surface area (TPSA) is 21.3 Å². The molecule has 6 heteroatoms. The molecule has 84 valence electrons. The monoisotopic (exact) mass is 231 g/mol. The molecule has 0 saturated carbocycles. The van der Waals surface area contributed by atoms with Crippen LogP contribution in [0.2, 0.25) is 0 Å². The lowest BCUT2D eigenvalue weighted by Gasteiger charge is -2.08. The van der Waals surface area contributed by atoms with E-state index in [4.69, 9.17) is 11.6 Å². The number of hydrogen-bond acceptors (Lipinski definition) is 2. The van der Waals surface area contributed by atoms with Gasteiger partial charge in [0.2, 0.25) is 0 Å². The lowest BCUT2D eigenvalue weighted by Crippen LogP contribution is -2.24. The Bertz CT molecular complexity index is 182. The van der Waals surface area contributed by atoms with Crippen molar-refractivity contribution in [1.82, 2.24) is 5.32 Å². The van der Waals surface area contributed by atoms with E-state index in [1.54, 1.807) is 0 Å². The Labute approximate surface area is 86.1 Å². The van der Waals surface area contributed by atoms with Crippen LogP contribution < -0.4 is 5.32 Å². The molecule has 0 radical (unpaired) electrons. The van der Waals surface area contributed by atoms with Gasteiger partial charge < -0.3 is 10.1 Å². The fourth-order valence-corrected chi connectivity index (χ4v) is 0.734. The zero-order valence-electron chi connectivity index (χ0n) is 7.83. The fraction of sp³-hybridized carbons (Fsp3) is 0.750. The minimum Gasteiger partial charge on any atom is -0.371 e. The molecule has 0 aromatic rings. The average molecular weight is 232 g/mol. The Balaban J connectivity index is 3.23.